The fraction of sp³-hybridized carbons (Fsp3) is 0.0667. The van der Waals surface area contributed by atoms with Crippen molar-refractivity contribution in [1.29, 1.82) is 0 Å². The van der Waals surface area contributed by atoms with E-state index in [9.17, 15) is 18.0 Å². The fourth-order valence-corrected chi connectivity index (χ4v) is 1.69. The molecule has 0 aromatic heterocycles. The van der Waals surface area contributed by atoms with Crippen molar-refractivity contribution in [1.82, 2.24) is 5.43 Å². The van der Waals surface area contributed by atoms with Gasteiger partial charge in [-0.1, -0.05) is 42.5 Å². The maximum atomic E-state index is 12.8. The molecule has 0 saturated heterocycles. The van der Waals surface area contributed by atoms with Crippen LogP contribution in [0.15, 0.2) is 59.7 Å². The SMILES string of the molecule is O=C(N/N=C/c1ccccc1)c1ccccc1C(F)(F)F. The molecule has 0 saturated carbocycles. The number of carbonyl (C=O) groups excluding carboxylic acids is 1. The standard InChI is InChI=1S/C15H11F3N2O/c16-15(17,18)13-9-5-4-8-12(13)14(21)20-19-10-11-6-2-1-3-7-11/h1-10H,(H,20,21)/b19-10+. The zero-order valence-electron chi connectivity index (χ0n) is 10.8. The van der Waals surface area contributed by atoms with Gasteiger partial charge in [-0.3, -0.25) is 4.79 Å². The van der Waals surface area contributed by atoms with Crippen LogP contribution in [0.5, 0.6) is 0 Å². The fourth-order valence-electron chi connectivity index (χ4n) is 1.69. The van der Waals surface area contributed by atoms with Gasteiger partial charge in [0.05, 0.1) is 17.3 Å². The third kappa shape index (κ3) is 3.92. The van der Waals surface area contributed by atoms with E-state index in [-0.39, 0.29) is 0 Å². The van der Waals surface area contributed by atoms with Gasteiger partial charge in [0.2, 0.25) is 0 Å². The van der Waals surface area contributed by atoms with Crippen LogP contribution in [-0.2, 0) is 6.18 Å². The highest BCUT2D eigenvalue weighted by Gasteiger charge is 2.34. The van der Waals surface area contributed by atoms with E-state index in [0.29, 0.717) is 0 Å². The van der Waals surface area contributed by atoms with Gasteiger partial charge >= 0.3 is 6.18 Å². The molecule has 3 nitrogen and oxygen atoms in total. The van der Waals surface area contributed by atoms with Gasteiger partial charge in [-0.15, -0.1) is 0 Å². The van der Waals surface area contributed by atoms with Gasteiger partial charge in [-0.25, -0.2) is 5.43 Å². The van der Waals surface area contributed by atoms with Crippen molar-refractivity contribution >= 4 is 12.1 Å². The smallest absolute Gasteiger partial charge is 0.267 e. The summed E-state index contributed by atoms with van der Waals surface area (Å²) in [6.07, 6.45) is -3.23. The maximum Gasteiger partial charge on any atom is 0.417 e. The molecule has 6 heteroatoms. The van der Waals surface area contributed by atoms with Crippen LogP contribution in [0.25, 0.3) is 0 Å². The molecule has 0 aliphatic carbocycles. The summed E-state index contributed by atoms with van der Waals surface area (Å²) in [5, 5.41) is 3.65. The summed E-state index contributed by atoms with van der Waals surface area (Å²) in [5.41, 5.74) is 1.36. The number of hydrazone groups is 1. The van der Waals surface area contributed by atoms with Crippen LogP contribution < -0.4 is 5.43 Å². The third-order valence-corrected chi connectivity index (χ3v) is 2.66. The average molecular weight is 292 g/mol. The van der Waals surface area contributed by atoms with E-state index in [1.54, 1.807) is 24.3 Å². The van der Waals surface area contributed by atoms with Crippen LogP contribution in [0.2, 0.25) is 0 Å². The van der Waals surface area contributed by atoms with Crippen molar-refractivity contribution in [2.24, 2.45) is 5.10 Å². The van der Waals surface area contributed by atoms with Crippen LogP contribution in [0.4, 0.5) is 13.2 Å². The second-order valence-corrected chi connectivity index (χ2v) is 4.15. The van der Waals surface area contributed by atoms with Crippen LogP contribution in [0.3, 0.4) is 0 Å². The number of halogens is 3. The molecule has 0 radical (unpaired) electrons. The first-order valence-corrected chi connectivity index (χ1v) is 6.03. The number of hydrogen-bond acceptors (Lipinski definition) is 2. The van der Waals surface area contributed by atoms with Crippen LogP contribution in [0, 0.1) is 0 Å². The van der Waals surface area contributed by atoms with E-state index in [0.717, 1.165) is 17.7 Å². The molecule has 1 amide bonds. The maximum absolute atomic E-state index is 12.8. The van der Waals surface area contributed by atoms with E-state index in [1.807, 2.05) is 6.07 Å². The van der Waals surface area contributed by atoms with E-state index >= 15 is 0 Å². The molecule has 0 atom stereocenters. The minimum Gasteiger partial charge on any atom is -0.267 e. The molecule has 0 bridgehead atoms. The predicted octanol–water partition coefficient (Wildman–Crippen LogP) is 3.47. The Balaban J connectivity index is 2.13. The van der Waals surface area contributed by atoms with Crippen molar-refractivity contribution in [3.05, 3.63) is 71.3 Å². The van der Waals surface area contributed by atoms with Gasteiger partial charge in [0.1, 0.15) is 0 Å². The summed E-state index contributed by atoms with van der Waals surface area (Å²) in [5.74, 6) is -0.907. The molecule has 0 aliphatic heterocycles. The molecular formula is C15H11F3N2O. The molecule has 1 N–H and O–H groups in total. The number of carbonyl (C=O) groups is 1. The largest absolute Gasteiger partial charge is 0.417 e. The highest BCUT2D eigenvalue weighted by Crippen LogP contribution is 2.31. The molecule has 0 spiro atoms. The van der Waals surface area contributed by atoms with E-state index in [2.05, 4.69) is 10.5 Å². The topological polar surface area (TPSA) is 41.5 Å². The van der Waals surface area contributed by atoms with Gasteiger partial charge in [0.25, 0.3) is 5.91 Å². The average Bonchev–Trinajstić information content (AvgIpc) is 2.47. The molecule has 2 aromatic rings. The summed E-state index contributed by atoms with van der Waals surface area (Å²) >= 11 is 0. The van der Waals surface area contributed by atoms with Crippen LogP contribution in [0.1, 0.15) is 21.5 Å². The highest BCUT2D eigenvalue weighted by molar-refractivity contribution is 5.96. The molecule has 21 heavy (non-hydrogen) atoms. The lowest BCUT2D eigenvalue weighted by molar-refractivity contribution is -0.137. The predicted molar refractivity (Wildman–Crippen MR) is 72.9 cm³/mol. The minimum atomic E-state index is -4.59. The van der Waals surface area contributed by atoms with Gasteiger partial charge in [0.15, 0.2) is 0 Å². The van der Waals surface area contributed by atoms with Crippen LogP contribution in [-0.4, -0.2) is 12.1 Å². The van der Waals surface area contributed by atoms with Gasteiger partial charge in [-0.2, -0.15) is 18.3 Å². The number of hydrogen-bond donors (Lipinski definition) is 1. The lowest BCUT2D eigenvalue weighted by Gasteiger charge is -2.10. The molecule has 0 aliphatic rings. The first-order valence-electron chi connectivity index (χ1n) is 6.03. The van der Waals surface area contributed by atoms with Gasteiger partial charge in [0, 0.05) is 0 Å². The highest BCUT2D eigenvalue weighted by atomic mass is 19.4. The summed E-state index contributed by atoms with van der Waals surface area (Å²) in [6, 6.07) is 13.4. The van der Waals surface area contributed by atoms with E-state index in [4.69, 9.17) is 0 Å². The molecule has 0 heterocycles. The Kier molecular flexibility index (Phi) is 4.37. The molecule has 2 rings (SSSR count). The monoisotopic (exact) mass is 292 g/mol. The molecule has 0 unspecified atom stereocenters. The second kappa shape index (κ2) is 6.21. The van der Waals surface area contributed by atoms with Crippen molar-refractivity contribution in [2.45, 2.75) is 6.18 Å². The number of alkyl halides is 3. The molecule has 0 fully saturated rings. The first-order chi connectivity index (χ1) is 9.98. The lowest BCUT2D eigenvalue weighted by atomic mass is 10.1. The lowest BCUT2D eigenvalue weighted by Crippen LogP contribution is -2.22. The van der Waals surface area contributed by atoms with Crippen molar-refractivity contribution in [3.8, 4) is 0 Å². The summed E-state index contributed by atoms with van der Waals surface area (Å²) in [6.45, 7) is 0. The van der Waals surface area contributed by atoms with E-state index in [1.165, 1.54) is 18.3 Å². The minimum absolute atomic E-state index is 0.463. The van der Waals surface area contributed by atoms with E-state index < -0.39 is 23.2 Å². The number of amides is 1. The number of rotatable bonds is 3. The van der Waals surface area contributed by atoms with Crippen molar-refractivity contribution < 1.29 is 18.0 Å². The summed E-state index contributed by atoms with van der Waals surface area (Å²) in [4.78, 5) is 11.8. The number of nitrogens with one attached hydrogen (secondary N) is 1. The van der Waals surface area contributed by atoms with Gasteiger partial charge < -0.3 is 0 Å². The Bertz CT molecular complexity index is 651. The molecular weight excluding hydrogens is 281 g/mol. The quantitative estimate of drug-likeness (QED) is 0.683. The Labute approximate surface area is 119 Å². The Morgan fingerprint density at radius 1 is 1.00 bits per heavy atom. The Morgan fingerprint density at radius 2 is 1.62 bits per heavy atom. The van der Waals surface area contributed by atoms with Gasteiger partial charge in [-0.05, 0) is 17.7 Å². The van der Waals surface area contributed by atoms with Crippen molar-refractivity contribution in [3.63, 3.8) is 0 Å². The number of benzene rings is 2. The normalized spacial score (nSPS) is 11.6. The second-order valence-electron chi connectivity index (χ2n) is 4.15. The molecule has 108 valence electrons. The first kappa shape index (κ1) is 14.8. The third-order valence-electron chi connectivity index (χ3n) is 2.66. The molecule has 2 aromatic carbocycles. The number of nitrogens with zero attached hydrogens (tertiary/aromatic N) is 1. The Hall–Kier alpha value is -2.63. The Morgan fingerprint density at radius 3 is 2.29 bits per heavy atom. The van der Waals surface area contributed by atoms with Crippen LogP contribution >= 0.6 is 0 Å². The summed E-state index contributed by atoms with van der Waals surface area (Å²) in [7, 11) is 0. The zero-order valence-corrected chi connectivity index (χ0v) is 10.8. The van der Waals surface area contributed by atoms with Crippen molar-refractivity contribution in [2.75, 3.05) is 0 Å². The summed E-state index contributed by atoms with van der Waals surface area (Å²) < 4.78 is 38.3. The zero-order chi connectivity index (χ0) is 15.3.